The van der Waals surface area contributed by atoms with Crippen LogP contribution in [0.3, 0.4) is 0 Å². The van der Waals surface area contributed by atoms with Gasteiger partial charge >= 0.3 is 0 Å². The summed E-state index contributed by atoms with van der Waals surface area (Å²) in [6.07, 6.45) is 0.431. The van der Waals surface area contributed by atoms with Crippen LogP contribution in [0.4, 0.5) is 19.0 Å². The minimum absolute atomic E-state index is 0.0970. The third-order valence-corrected chi connectivity index (χ3v) is 4.17. The van der Waals surface area contributed by atoms with Crippen molar-refractivity contribution in [1.82, 2.24) is 19.7 Å². The lowest BCUT2D eigenvalue weighted by molar-refractivity contribution is -0.0361. The molecule has 1 aliphatic carbocycles. The van der Waals surface area contributed by atoms with Crippen molar-refractivity contribution in [2.75, 3.05) is 5.32 Å². The van der Waals surface area contributed by atoms with Crippen LogP contribution in [-0.4, -0.2) is 31.7 Å². The Kier molecular flexibility index (Phi) is 4.47. The average Bonchev–Trinajstić information content (AvgIpc) is 2.88. The van der Waals surface area contributed by atoms with E-state index in [9.17, 15) is 13.2 Å². The first-order chi connectivity index (χ1) is 11.4. The Labute approximate surface area is 138 Å². The zero-order valence-corrected chi connectivity index (χ0v) is 13.7. The molecule has 1 aliphatic rings. The molecule has 1 N–H and O–H groups in total. The van der Waals surface area contributed by atoms with Gasteiger partial charge in [0, 0.05) is 30.6 Å². The fourth-order valence-electron chi connectivity index (χ4n) is 2.95. The van der Waals surface area contributed by atoms with Gasteiger partial charge in [-0.1, -0.05) is 0 Å². The van der Waals surface area contributed by atoms with E-state index in [2.05, 4.69) is 20.4 Å². The molecule has 2 aromatic rings. The van der Waals surface area contributed by atoms with E-state index >= 15 is 0 Å². The molecule has 0 aliphatic heterocycles. The van der Waals surface area contributed by atoms with E-state index in [0.717, 1.165) is 11.4 Å². The van der Waals surface area contributed by atoms with Gasteiger partial charge in [-0.3, -0.25) is 0 Å². The third-order valence-electron chi connectivity index (χ3n) is 4.17. The summed E-state index contributed by atoms with van der Waals surface area (Å²) in [6, 6.07) is 3.30. The second kappa shape index (κ2) is 6.41. The SMILES string of the molecule is Cc1cc(C)n(-c2nc(CF)cc(NC3CCC(F)(F)CC3)n2)n1. The molecule has 8 heteroatoms. The van der Waals surface area contributed by atoms with E-state index in [4.69, 9.17) is 0 Å². The van der Waals surface area contributed by atoms with Gasteiger partial charge in [0.25, 0.3) is 5.95 Å². The van der Waals surface area contributed by atoms with Crippen LogP contribution in [0.15, 0.2) is 12.1 Å². The number of nitrogens with one attached hydrogen (secondary N) is 1. The number of aryl methyl sites for hydroxylation is 2. The van der Waals surface area contributed by atoms with Gasteiger partial charge in [0.1, 0.15) is 12.5 Å². The van der Waals surface area contributed by atoms with E-state index in [1.54, 1.807) is 4.68 Å². The number of alkyl halides is 3. The molecule has 1 saturated carbocycles. The molecule has 0 unspecified atom stereocenters. The quantitative estimate of drug-likeness (QED) is 0.922. The van der Waals surface area contributed by atoms with E-state index in [-0.39, 0.29) is 30.5 Å². The standard InChI is InChI=1S/C16H20F3N5/c1-10-7-11(2)24(23-10)15-21-13(9-17)8-14(22-15)20-12-3-5-16(18,19)6-4-12/h7-8,12H,3-6,9H2,1-2H3,(H,20,21,22). The summed E-state index contributed by atoms with van der Waals surface area (Å²) in [5, 5.41) is 7.44. The summed E-state index contributed by atoms with van der Waals surface area (Å²) in [4.78, 5) is 8.55. The van der Waals surface area contributed by atoms with Gasteiger partial charge in [-0.2, -0.15) is 10.1 Å². The average molecular weight is 339 g/mol. The van der Waals surface area contributed by atoms with Crippen molar-refractivity contribution in [3.05, 3.63) is 29.2 Å². The molecular formula is C16H20F3N5. The van der Waals surface area contributed by atoms with Crippen molar-refractivity contribution in [3.8, 4) is 5.95 Å². The number of rotatable bonds is 4. The van der Waals surface area contributed by atoms with Gasteiger partial charge < -0.3 is 5.32 Å². The zero-order chi connectivity index (χ0) is 17.3. The molecule has 5 nitrogen and oxygen atoms in total. The first-order valence-corrected chi connectivity index (χ1v) is 7.98. The van der Waals surface area contributed by atoms with Gasteiger partial charge in [0.2, 0.25) is 5.92 Å². The van der Waals surface area contributed by atoms with Crippen LogP contribution >= 0.6 is 0 Å². The Bertz CT molecular complexity index is 718. The second-order valence-corrected chi connectivity index (χ2v) is 6.29. The van der Waals surface area contributed by atoms with Crippen molar-refractivity contribution in [2.24, 2.45) is 0 Å². The third kappa shape index (κ3) is 3.68. The fraction of sp³-hybridized carbons (Fsp3) is 0.562. The molecule has 0 amide bonds. The Morgan fingerprint density at radius 3 is 2.50 bits per heavy atom. The highest BCUT2D eigenvalue weighted by Gasteiger charge is 2.35. The summed E-state index contributed by atoms with van der Waals surface area (Å²) in [5.74, 6) is -1.86. The highest BCUT2D eigenvalue weighted by molar-refractivity contribution is 5.40. The van der Waals surface area contributed by atoms with Gasteiger partial charge in [0.15, 0.2) is 0 Å². The molecule has 24 heavy (non-hydrogen) atoms. The number of halogens is 3. The minimum Gasteiger partial charge on any atom is -0.367 e. The lowest BCUT2D eigenvalue weighted by atomic mass is 9.92. The lowest BCUT2D eigenvalue weighted by Gasteiger charge is -2.29. The molecule has 3 rings (SSSR count). The van der Waals surface area contributed by atoms with Gasteiger partial charge in [-0.15, -0.1) is 0 Å². The van der Waals surface area contributed by atoms with Crippen molar-refractivity contribution >= 4 is 5.82 Å². The minimum atomic E-state index is -2.58. The van der Waals surface area contributed by atoms with E-state index < -0.39 is 12.6 Å². The first kappa shape index (κ1) is 16.7. The Balaban J connectivity index is 1.83. The molecule has 2 aromatic heterocycles. The smallest absolute Gasteiger partial charge is 0.253 e. The van der Waals surface area contributed by atoms with E-state index in [1.165, 1.54) is 6.07 Å². The van der Waals surface area contributed by atoms with Crippen LogP contribution in [0.1, 0.15) is 42.8 Å². The molecular weight excluding hydrogens is 319 g/mol. The van der Waals surface area contributed by atoms with Crippen LogP contribution in [0.2, 0.25) is 0 Å². The van der Waals surface area contributed by atoms with Crippen LogP contribution in [0, 0.1) is 13.8 Å². The molecule has 0 radical (unpaired) electrons. The number of hydrogen-bond donors (Lipinski definition) is 1. The largest absolute Gasteiger partial charge is 0.367 e. The first-order valence-electron chi connectivity index (χ1n) is 7.98. The second-order valence-electron chi connectivity index (χ2n) is 6.29. The maximum Gasteiger partial charge on any atom is 0.253 e. The lowest BCUT2D eigenvalue weighted by Crippen LogP contribution is -2.32. The number of aromatic nitrogens is 4. The molecule has 0 bridgehead atoms. The maximum atomic E-state index is 13.3. The van der Waals surface area contributed by atoms with Crippen molar-refractivity contribution in [1.29, 1.82) is 0 Å². The Morgan fingerprint density at radius 1 is 1.21 bits per heavy atom. The normalized spacial score (nSPS) is 17.9. The van der Waals surface area contributed by atoms with Gasteiger partial charge in [-0.25, -0.2) is 22.8 Å². The number of nitrogens with zero attached hydrogens (tertiary/aromatic N) is 4. The van der Waals surface area contributed by atoms with Crippen LogP contribution < -0.4 is 5.32 Å². The molecule has 1 fully saturated rings. The van der Waals surface area contributed by atoms with Crippen LogP contribution in [0.5, 0.6) is 0 Å². The van der Waals surface area contributed by atoms with E-state index in [1.807, 2.05) is 19.9 Å². The topological polar surface area (TPSA) is 55.6 Å². The zero-order valence-electron chi connectivity index (χ0n) is 13.7. The van der Waals surface area contributed by atoms with Crippen molar-refractivity contribution < 1.29 is 13.2 Å². The van der Waals surface area contributed by atoms with Gasteiger partial charge in [-0.05, 0) is 32.8 Å². The molecule has 130 valence electrons. The summed E-state index contributed by atoms with van der Waals surface area (Å²) >= 11 is 0. The van der Waals surface area contributed by atoms with Gasteiger partial charge in [0.05, 0.1) is 11.4 Å². The number of anilines is 1. The predicted octanol–water partition coefficient (Wildman–Crippen LogP) is 3.74. The summed E-state index contributed by atoms with van der Waals surface area (Å²) in [7, 11) is 0. The van der Waals surface area contributed by atoms with Crippen LogP contribution in [-0.2, 0) is 6.67 Å². The predicted molar refractivity (Wildman–Crippen MR) is 84.3 cm³/mol. The maximum absolute atomic E-state index is 13.3. The van der Waals surface area contributed by atoms with Crippen LogP contribution in [0.25, 0.3) is 5.95 Å². The molecule has 0 atom stereocenters. The monoisotopic (exact) mass is 339 g/mol. The number of hydrogen-bond acceptors (Lipinski definition) is 4. The van der Waals surface area contributed by atoms with Crippen molar-refractivity contribution in [3.63, 3.8) is 0 Å². The molecule has 2 heterocycles. The summed E-state index contributed by atoms with van der Waals surface area (Å²) < 4.78 is 41.2. The van der Waals surface area contributed by atoms with Crippen molar-refractivity contribution in [2.45, 2.75) is 58.2 Å². The Morgan fingerprint density at radius 2 is 1.92 bits per heavy atom. The Hall–Kier alpha value is -2.12. The summed E-state index contributed by atoms with van der Waals surface area (Å²) in [5.41, 5.74) is 1.88. The fourth-order valence-corrected chi connectivity index (χ4v) is 2.95. The highest BCUT2D eigenvalue weighted by atomic mass is 19.3. The molecule has 0 spiro atoms. The summed E-state index contributed by atoms with van der Waals surface area (Å²) in [6.45, 7) is 2.98. The molecule has 0 saturated heterocycles. The highest BCUT2D eigenvalue weighted by Crippen LogP contribution is 2.34. The molecule has 0 aromatic carbocycles. The van der Waals surface area contributed by atoms with E-state index in [0.29, 0.717) is 18.7 Å².